The molecule has 0 unspecified atom stereocenters. The second-order valence-electron chi connectivity index (χ2n) is 8.06. The van der Waals surface area contributed by atoms with Crippen LogP contribution in [0.5, 0.6) is 5.75 Å². The van der Waals surface area contributed by atoms with Crippen LogP contribution in [0.25, 0.3) is 11.1 Å². The van der Waals surface area contributed by atoms with Crippen molar-refractivity contribution in [3.05, 3.63) is 76.4 Å². The molecule has 2 aromatic carbocycles. The number of hydrogen-bond acceptors (Lipinski definition) is 8. The van der Waals surface area contributed by atoms with Crippen LogP contribution < -0.4 is 10.1 Å². The van der Waals surface area contributed by atoms with Gasteiger partial charge in [-0.15, -0.1) is 21.5 Å². The minimum absolute atomic E-state index is 0.100. The minimum atomic E-state index is -0.499. The lowest BCUT2D eigenvalue weighted by atomic mass is 10.0. The maximum Gasteiger partial charge on any atom is 0.341 e. The average molecular weight is 523 g/mol. The van der Waals surface area contributed by atoms with Crippen molar-refractivity contribution in [3.63, 3.8) is 0 Å². The first-order valence-corrected chi connectivity index (χ1v) is 13.0. The molecule has 36 heavy (non-hydrogen) atoms. The molecule has 2 aromatic heterocycles. The zero-order valence-corrected chi connectivity index (χ0v) is 22.0. The van der Waals surface area contributed by atoms with Crippen molar-refractivity contribution in [2.24, 2.45) is 7.05 Å². The van der Waals surface area contributed by atoms with Crippen LogP contribution >= 0.6 is 23.1 Å². The van der Waals surface area contributed by atoms with E-state index in [0.29, 0.717) is 21.5 Å². The highest BCUT2D eigenvalue weighted by Gasteiger charge is 2.22. The molecule has 186 valence electrons. The monoisotopic (exact) mass is 522 g/mol. The first-order chi connectivity index (χ1) is 17.4. The van der Waals surface area contributed by atoms with Crippen molar-refractivity contribution in [1.82, 2.24) is 14.8 Å². The number of ether oxygens (including phenoxy) is 2. The Morgan fingerprint density at radius 3 is 2.56 bits per heavy atom. The summed E-state index contributed by atoms with van der Waals surface area (Å²) in [6.45, 7) is 4.24. The Labute approximate surface area is 217 Å². The fourth-order valence-electron chi connectivity index (χ4n) is 3.45. The first kappa shape index (κ1) is 25.5. The Balaban J connectivity index is 1.40. The summed E-state index contributed by atoms with van der Waals surface area (Å²) in [7, 11) is 3.16. The number of thiophene rings is 1. The number of anilines is 1. The highest BCUT2D eigenvalue weighted by molar-refractivity contribution is 7.99. The molecule has 0 spiro atoms. The molecule has 0 bridgehead atoms. The third-order valence-corrected chi connectivity index (χ3v) is 7.42. The molecule has 1 amide bonds. The third kappa shape index (κ3) is 5.77. The standard InChI is InChI=1S/C26H26N4O4S2/c1-16-9-11-18(12-10-16)19-14-35-24(23(19)25(32)33-4)27-22(31)15-36-26-29-28-21(30(26)3)13-34-20-8-6-5-7-17(20)2/h5-12,14H,13,15H2,1-4H3,(H,27,31). The van der Waals surface area contributed by atoms with Crippen LogP contribution in [0.3, 0.4) is 0 Å². The summed E-state index contributed by atoms with van der Waals surface area (Å²) in [6.07, 6.45) is 0. The van der Waals surface area contributed by atoms with E-state index in [2.05, 4.69) is 15.5 Å². The normalized spacial score (nSPS) is 10.8. The summed E-state index contributed by atoms with van der Waals surface area (Å²) in [4.78, 5) is 25.3. The first-order valence-electron chi connectivity index (χ1n) is 11.1. The number of thioether (sulfide) groups is 1. The van der Waals surface area contributed by atoms with Crippen molar-refractivity contribution in [3.8, 4) is 16.9 Å². The number of methoxy groups -OCH3 is 1. The number of nitrogens with zero attached hydrogens (tertiary/aromatic N) is 3. The quantitative estimate of drug-likeness (QED) is 0.237. The summed E-state index contributed by atoms with van der Waals surface area (Å²) in [5.74, 6) is 0.777. The lowest BCUT2D eigenvalue weighted by Crippen LogP contribution is -2.16. The Morgan fingerprint density at radius 1 is 1.08 bits per heavy atom. The van der Waals surface area contributed by atoms with E-state index in [4.69, 9.17) is 9.47 Å². The fraction of sp³-hybridized carbons (Fsp3) is 0.231. The molecule has 4 aromatic rings. The van der Waals surface area contributed by atoms with Gasteiger partial charge in [0.15, 0.2) is 11.0 Å². The number of carbonyl (C=O) groups is 2. The number of aryl methyl sites for hydroxylation is 2. The van der Waals surface area contributed by atoms with Gasteiger partial charge in [0.2, 0.25) is 5.91 Å². The zero-order chi connectivity index (χ0) is 25.7. The van der Waals surface area contributed by atoms with Gasteiger partial charge in [-0.3, -0.25) is 4.79 Å². The summed E-state index contributed by atoms with van der Waals surface area (Å²) in [5.41, 5.74) is 4.11. The average Bonchev–Trinajstić information content (AvgIpc) is 3.45. The molecule has 8 nitrogen and oxygen atoms in total. The summed E-state index contributed by atoms with van der Waals surface area (Å²) in [5, 5.41) is 14.1. The van der Waals surface area contributed by atoms with Gasteiger partial charge in [-0.1, -0.05) is 59.8 Å². The highest BCUT2D eigenvalue weighted by atomic mass is 32.2. The number of hydrogen-bond donors (Lipinski definition) is 1. The smallest absolute Gasteiger partial charge is 0.341 e. The maximum absolute atomic E-state index is 12.7. The minimum Gasteiger partial charge on any atom is -0.485 e. The molecule has 0 atom stereocenters. The van der Waals surface area contributed by atoms with Crippen LogP contribution in [0.4, 0.5) is 5.00 Å². The fourth-order valence-corrected chi connectivity index (χ4v) is 5.15. The van der Waals surface area contributed by atoms with Gasteiger partial charge in [-0.05, 0) is 31.0 Å². The number of aromatic nitrogens is 3. The Hall–Kier alpha value is -3.63. The number of carbonyl (C=O) groups excluding carboxylic acids is 2. The van der Waals surface area contributed by atoms with Crippen molar-refractivity contribution < 1.29 is 19.1 Å². The van der Waals surface area contributed by atoms with E-state index in [1.54, 1.807) is 4.57 Å². The van der Waals surface area contributed by atoms with Gasteiger partial charge in [0.05, 0.1) is 12.9 Å². The van der Waals surface area contributed by atoms with E-state index in [-0.39, 0.29) is 18.3 Å². The van der Waals surface area contributed by atoms with Crippen LogP contribution in [-0.4, -0.2) is 39.5 Å². The molecule has 4 rings (SSSR count). The Morgan fingerprint density at radius 2 is 1.83 bits per heavy atom. The molecular weight excluding hydrogens is 496 g/mol. The number of rotatable bonds is 9. The Kier molecular flexibility index (Phi) is 8.07. The molecule has 0 radical (unpaired) electrons. The predicted molar refractivity (Wildman–Crippen MR) is 142 cm³/mol. The second kappa shape index (κ2) is 11.4. The van der Waals surface area contributed by atoms with Crippen LogP contribution in [0.1, 0.15) is 27.3 Å². The van der Waals surface area contributed by atoms with Gasteiger partial charge < -0.3 is 19.4 Å². The van der Waals surface area contributed by atoms with Gasteiger partial charge in [-0.2, -0.15) is 0 Å². The second-order valence-corrected chi connectivity index (χ2v) is 9.88. The van der Waals surface area contributed by atoms with Crippen LogP contribution in [0, 0.1) is 13.8 Å². The number of para-hydroxylation sites is 1. The van der Waals surface area contributed by atoms with Crippen molar-refractivity contribution >= 4 is 40.0 Å². The van der Waals surface area contributed by atoms with Gasteiger partial charge in [0, 0.05) is 18.0 Å². The molecule has 0 saturated heterocycles. The third-order valence-electron chi connectivity index (χ3n) is 5.50. The number of amides is 1. The number of nitrogens with one attached hydrogen (secondary N) is 1. The molecule has 0 saturated carbocycles. The van der Waals surface area contributed by atoms with E-state index in [9.17, 15) is 9.59 Å². The van der Waals surface area contributed by atoms with Crippen molar-refractivity contribution in [2.75, 3.05) is 18.2 Å². The van der Waals surface area contributed by atoms with Gasteiger partial charge >= 0.3 is 5.97 Å². The molecule has 0 fully saturated rings. The SMILES string of the molecule is COC(=O)c1c(-c2ccc(C)cc2)csc1NC(=O)CSc1nnc(COc2ccccc2C)n1C. The van der Waals surface area contributed by atoms with Crippen LogP contribution in [-0.2, 0) is 23.2 Å². The topological polar surface area (TPSA) is 95.3 Å². The van der Waals surface area contributed by atoms with Crippen LogP contribution in [0.15, 0.2) is 59.1 Å². The largest absolute Gasteiger partial charge is 0.485 e. The van der Waals surface area contributed by atoms with E-state index in [0.717, 1.165) is 28.0 Å². The van der Waals surface area contributed by atoms with E-state index in [1.165, 1.54) is 30.2 Å². The van der Waals surface area contributed by atoms with E-state index < -0.39 is 5.97 Å². The van der Waals surface area contributed by atoms with Crippen LogP contribution in [0.2, 0.25) is 0 Å². The molecule has 0 aliphatic heterocycles. The van der Waals surface area contributed by atoms with Gasteiger partial charge in [0.1, 0.15) is 22.9 Å². The maximum atomic E-state index is 12.7. The number of esters is 1. The lowest BCUT2D eigenvalue weighted by molar-refractivity contribution is -0.113. The molecular formula is C26H26N4O4S2. The summed E-state index contributed by atoms with van der Waals surface area (Å²) < 4.78 is 12.7. The highest BCUT2D eigenvalue weighted by Crippen LogP contribution is 2.36. The van der Waals surface area contributed by atoms with E-state index >= 15 is 0 Å². The predicted octanol–water partition coefficient (Wildman–Crippen LogP) is 5.26. The molecule has 0 aliphatic carbocycles. The molecule has 1 N–H and O–H groups in total. The molecule has 2 heterocycles. The molecule has 10 heteroatoms. The summed E-state index contributed by atoms with van der Waals surface area (Å²) >= 11 is 2.55. The Bertz CT molecular complexity index is 1380. The molecule has 0 aliphatic rings. The van der Waals surface area contributed by atoms with Gasteiger partial charge in [0.25, 0.3) is 0 Å². The van der Waals surface area contributed by atoms with Crippen molar-refractivity contribution in [2.45, 2.75) is 25.6 Å². The summed E-state index contributed by atoms with van der Waals surface area (Å²) in [6, 6.07) is 15.6. The number of benzene rings is 2. The van der Waals surface area contributed by atoms with E-state index in [1.807, 2.05) is 74.8 Å². The zero-order valence-electron chi connectivity index (χ0n) is 20.4. The lowest BCUT2D eigenvalue weighted by Gasteiger charge is -2.09. The van der Waals surface area contributed by atoms with Gasteiger partial charge in [-0.25, -0.2) is 4.79 Å². The van der Waals surface area contributed by atoms with Crippen molar-refractivity contribution in [1.29, 1.82) is 0 Å².